The van der Waals surface area contributed by atoms with E-state index in [9.17, 15) is 4.79 Å². The smallest absolute Gasteiger partial charge is 0.224 e. The molecule has 0 aliphatic heterocycles. The number of amides is 1. The van der Waals surface area contributed by atoms with Gasteiger partial charge in [0.15, 0.2) is 0 Å². The van der Waals surface area contributed by atoms with Gasteiger partial charge in [-0.2, -0.15) is 0 Å². The van der Waals surface area contributed by atoms with Crippen LogP contribution in [-0.2, 0) is 16.1 Å². The SMILES string of the molecule is CCOCc1ccccc1.NCCCC(=O)Nc1ccc2cnccc2c1. The second kappa shape index (κ2) is 11.8. The van der Waals surface area contributed by atoms with Crippen LogP contribution in [0.3, 0.4) is 0 Å². The van der Waals surface area contributed by atoms with Crippen LogP contribution in [0.5, 0.6) is 0 Å². The average molecular weight is 365 g/mol. The lowest BCUT2D eigenvalue weighted by atomic mass is 10.1. The highest BCUT2D eigenvalue weighted by Gasteiger charge is 2.02. The number of hydrogen-bond donors (Lipinski definition) is 2. The molecule has 0 saturated heterocycles. The van der Waals surface area contributed by atoms with Crippen molar-refractivity contribution < 1.29 is 9.53 Å². The van der Waals surface area contributed by atoms with Gasteiger partial charge in [-0.05, 0) is 49.0 Å². The number of rotatable bonds is 7. The number of aromatic nitrogens is 1. The molecule has 0 aliphatic rings. The molecule has 1 heterocycles. The number of carbonyl (C=O) groups is 1. The Hall–Kier alpha value is -2.76. The van der Waals surface area contributed by atoms with Crippen molar-refractivity contribution in [2.45, 2.75) is 26.4 Å². The molecule has 0 spiro atoms. The van der Waals surface area contributed by atoms with Crippen molar-refractivity contribution in [3.63, 3.8) is 0 Å². The third-order valence-electron chi connectivity index (χ3n) is 3.85. The van der Waals surface area contributed by atoms with Crippen molar-refractivity contribution in [1.29, 1.82) is 0 Å². The summed E-state index contributed by atoms with van der Waals surface area (Å²) in [7, 11) is 0. The second-order valence-electron chi connectivity index (χ2n) is 6.00. The third-order valence-corrected chi connectivity index (χ3v) is 3.85. The Morgan fingerprint density at radius 2 is 1.93 bits per heavy atom. The molecule has 5 nitrogen and oxygen atoms in total. The number of carbonyl (C=O) groups excluding carboxylic acids is 1. The van der Waals surface area contributed by atoms with Gasteiger partial charge >= 0.3 is 0 Å². The van der Waals surface area contributed by atoms with Gasteiger partial charge in [0.1, 0.15) is 0 Å². The van der Waals surface area contributed by atoms with E-state index in [1.165, 1.54) is 5.56 Å². The Morgan fingerprint density at radius 1 is 1.11 bits per heavy atom. The first-order valence-corrected chi connectivity index (χ1v) is 9.18. The molecule has 3 N–H and O–H groups in total. The first-order chi connectivity index (χ1) is 13.2. The molecular weight excluding hydrogens is 338 g/mol. The molecule has 0 aliphatic carbocycles. The van der Waals surface area contributed by atoms with E-state index in [0.29, 0.717) is 19.4 Å². The maximum absolute atomic E-state index is 11.5. The largest absolute Gasteiger partial charge is 0.377 e. The normalized spacial score (nSPS) is 10.1. The molecule has 0 radical (unpaired) electrons. The van der Waals surface area contributed by atoms with E-state index in [0.717, 1.165) is 29.7 Å². The average Bonchev–Trinajstić information content (AvgIpc) is 2.72. The zero-order valence-corrected chi connectivity index (χ0v) is 15.7. The number of pyridine rings is 1. The minimum Gasteiger partial charge on any atom is -0.377 e. The molecule has 1 aromatic heterocycles. The van der Waals surface area contributed by atoms with Crippen molar-refractivity contribution in [2.24, 2.45) is 5.73 Å². The lowest BCUT2D eigenvalue weighted by molar-refractivity contribution is -0.116. The van der Waals surface area contributed by atoms with Gasteiger partial charge in [0, 0.05) is 36.5 Å². The summed E-state index contributed by atoms with van der Waals surface area (Å²) in [6.45, 7) is 4.06. The maximum atomic E-state index is 11.5. The highest BCUT2D eigenvalue weighted by atomic mass is 16.5. The van der Waals surface area contributed by atoms with Crippen LogP contribution >= 0.6 is 0 Å². The molecule has 0 saturated carbocycles. The molecule has 0 atom stereocenters. The fourth-order valence-corrected chi connectivity index (χ4v) is 2.44. The summed E-state index contributed by atoms with van der Waals surface area (Å²) < 4.78 is 5.22. The topological polar surface area (TPSA) is 77.2 Å². The fourth-order valence-electron chi connectivity index (χ4n) is 2.44. The lowest BCUT2D eigenvalue weighted by Gasteiger charge is -2.05. The Morgan fingerprint density at radius 3 is 2.67 bits per heavy atom. The molecule has 3 aromatic rings. The van der Waals surface area contributed by atoms with Gasteiger partial charge in [-0.15, -0.1) is 0 Å². The van der Waals surface area contributed by atoms with E-state index in [4.69, 9.17) is 10.5 Å². The van der Waals surface area contributed by atoms with Crippen LogP contribution < -0.4 is 11.1 Å². The highest BCUT2D eigenvalue weighted by molar-refractivity contribution is 5.94. The predicted molar refractivity (Wildman–Crippen MR) is 110 cm³/mol. The summed E-state index contributed by atoms with van der Waals surface area (Å²) >= 11 is 0. The van der Waals surface area contributed by atoms with Crippen LogP contribution in [0.1, 0.15) is 25.3 Å². The van der Waals surface area contributed by atoms with Crippen LogP contribution in [0.4, 0.5) is 5.69 Å². The van der Waals surface area contributed by atoms with Crippen molar-refractivity contribution in [3.8, 4) is 0 Å². The molecule has 0 bridgehead atoms. The third kappa shape index (κ3) is 7.56. The number of benzene rings is 2. The van der Waals surface area contributed by atoms with Gasteiger partial charge < -0.3 is 15.8 Å². The molecule has 5 heteroatoms. The van der Waals surface area contributed by atoms with Crippen LogP contribution in [0.15, 0.2) is 67.0 Å². The van der Waals surface area contributed by atoms with Crippen molar-refractivity contribution >= 4 is 22.4 Å². The number of fused-ring (bicyclic) bond motifs is 1. The lowest BCUT2D eigenvalue weighted by Crippen LogP contribution is -2.13. The molecule has 3 rings (SSSR count). The van der Waals surface area contributed by atoms with E-state index in [1.54, 1.807) is 12.4 Å². The summed E-state index contributed by atoms with van der Waals surface area (Å²) in [5, 5.41) is 4.98. The molecule has 27 heavy (non-hydrogen) atoms. The van der Waals surface area contributed by atoms with E-state index < -0.39 is 0 Å². The molecule has 1 amide bonds. The van der Waals surface area contributed by atoms with E-state index in [-0.39, 0.29) is 5.91 Å². The van der Waals surface area contributed by atoms with Crippen LogP contribution in [0.25, 0.3) is 10.8 Å². The van der Waals surface area contributed by atoms with Crippen LogP contribution in [-0.4, -0.2) is 24.0 Å². The zero-order chi connectivity index (χ0) is 19.3. The predicted octanol–water partition coefficient (Wildman–Crippen LogP) is 4.14. The maximum Gasteiger partial charge on any atom is 0.224 e. The Kier molecular flexibility index (Phi) is 8.96. The van der Waals surface area contributed by atoms with E-state index in [2.05, 4.69) is 22.4 Å². The minimum atomic E-state index is 0.00357. The fraction of sp³-hybridized carbons (Fsp3) is 0.273. The van der Waals surface area contributed by atoms with Gasteiger partial charge in [0.2, 0.25) is 5.91 Å². The Bertz CT molecular complexity index is 822. The minimum absolute atomic E-state index is 0.00357. The molecule has 0 fully saturated rings. The Balaban J connectivity index is 0.000000223. The van der Waals surface area contributed by atoms with Crippen LogP contribution in [0.2, 0.25) is 0 Å². The number of ether oxygens (including phenoxy) is 1. The van der Waals surface area contributed by atoms with Crippen molar-refractivity contribution in [2.75, 3.05) is 18.5 Å². The van der Waals surface area contributed by atoms with Gasteiger partial charge in [0.25, 0.3) is 0 Å². The van der Waals surface area contributed by atoms with E-state index in [1.807, 2.05) is 49.4 Å². The number of anilines is 1. The summed E-state index contributed by atoms with van der Waals surface area (Å²) in [4.78, 5) is 15.6. The van der Waals surface area contributed by atoms with Gasteiger partial charge in [-0.25, -0.2) is 0 Å². The summed E-state index contributed by atoms with van der Waals surface area (Å²) in [5.74, 6) is 0.00357. The van der Waals surface area contributed by atoms with Crippen molar-refractivity contribution in [3.05, 3.63) is 72.6 Å². The quantitative estimate of drug-likeness (QED) is 0.660. The zero-order valence-electron chi connectivity index (χ0n) is 15.7. The number of hydrogen-bond acceptors (Lipinski definition) is 4. The molecular formula is C22H27N3O2. The van der Waals surface area contributed by atoms with Gasteiger partial charge in [-0.3, -0.25) is 9.78 Å². The first kappa shape index (κ1) is 20.6. The number of nitrogens with zero attached hydrogens (tertiary/aromatic N) is 1. The number of nitrogens with two attached hydrogens (primary N) is 1. The summed E-state index contributed by atoms with van der Waals surface area (Å²) in [6.07, 6.45) is 4.71. The second-order valence-corrected chi connectivity index (χ2v) is 6.00. The van der Waals surface area contributed by atoms with Crippen molar-refractivity contribution in [1.82, 2.24) is 4.98 Å². The van der Waals surface area contributed by atoms with Crippen LogP contribution in [0, 0.1) is 0 Å². The molecule has 0 unspecified atom stereocenters. The summed E-state index contributed by atoms with van der Waals surface area (Å²) in [5.41, 5.74) is 7.41. The summed E-state index contributed by atoms with van der Waals surface area (Å²) in [6, 6.07) is 17.9. The standard InChI is InChI=1S/C13H15N3O.C9H12O/c14-6-1-2-13(17)16-12-4-3-11-9-15-7-5-10(11)8-12;1-2-10-8-9-6-4-3-5-7-9/h3-5,7-9H,1-2,6,14H2,(H,16,17);3-7H,2,8H2,1H3. The molecule has 142 valence electrons. The number of nitrogens with one attached hydrogen (secondary N) is 1. The first-order valence-electron chi connectivity index (χ1n) is 9.18. The van der Waals surface area contributed by atoms with E-state index >= 15 is 0 Å². The monoisotopic (exact) mass is 365 g/mol. The van der Waals surface area contributed by atoms with Gasteiger partial charge in [0.05, 0.1) is 6.61 Å². The van der Waals surface area contributed by atoms with Gasteiger partial charge in [-0.1, -0.05) is 36.4 Å². The Labute approximate surface area is 160 Å². The highest BCUT2D eigenvalue weighted by Crippen LogP contribution is 2.18. The molecule has 2 aromatic carbocycles.